The summed E-state index contributed by atoms with van der Waals surface area (Å²) in [6.07, 6.45) is 0.103. The van der Waals surface area contributed by atoms with E-state index in [1.54, 1.807) is 7.05 Å². The Bertz CT molecular complexity index is 425. The zero-order chi connectivity index (χ0) is 15.3. The van der Waals surface area contributed by atoms with Gasteiger partial charge in [0.05, 0.1) is 6.42 Å². The van der Waals surface area contributed by atoms with E-state index in [2.05, 4.69) is 5.32 Å². The van der Waals surface area contributed by atoms with Crippen LogP contribution in [-0.4, -0.2) is 71.4 Å². The molecule has 0 aromatic carbocycles. The van der Waals surface area contributed by atoms with E-state index in [4.69, 9.17) is 10.8 Å². The maximum atomic E-state index is 11.9. The summed E-state index contributed by atoms with van der Waals surface area (Å²) in [4.78, 5) is 48.0. The summed E-state index contributed by atoms with van der Waals surface area (Å²) in [6.45, 7) is 0.752. The first-order valence-electron chi connectivity index (χ1n) is 6.11. The molecule has 0 radical (unpaired) electrons. The molecular weight excluding hydrogens is 268 g/mol. The average Bonchev–Trinajstić information content (AvgIpc) is 2.50. The van der Waals surface area contributed by atoms with Crippen LogP contribution in [0.4, 0.5) is 4.79 Å². The molecule has 1 aliphatic heterocycles. The normalized spacial score (nSPS) is 17.4. The molecule has 1 atom stereocenters. The molecule has 4 N–H and O–H groups in total. The number of rotatable bonds is 4. The van der Waals surface area contributed by atoms with Crippen molar-refractivity contribution in [1.82, 2.24) is 15.1 Å². The van der Waals surface area contributed by atoms with Crippen molar-refractivity contribution in [3.05, 3.63) is 0 Å². The molecule has 9 nitrogen and oxygen atoms in total. The number of nitrogens with two attached hydrogens (primary N) is 1. The number of nitrogens with zero attached hydrogens (tertiary/aromatic N) is 2. The van der Waals surface area contributed by atoms with E-state index >= 15 is 0 Å². The summed E-state index contributed by atoms with van der Waals surface area (Å²) in [6, 6.07) is -2.08. The van der Waals surface area contributed by atoms with Crippen LogP contribution in [0.3, 0.4) is 0 Å². The number of nitrogens with one attached hydrogen (secondary N) is 1. The number of carbonyl (C=O) groups excluding carboxylic acids is 3. The molecule has 20 heavy (non-hydrogen) atoms. The molecular formula is C11H18N4O5. The lowest BCUT2D eigenvalue weighted by Crippen LogP contribution is -2.50. The minimum absolute atomic E-state index is 0.120. The maximum absolute atomic E-state index is 11.9. The fourth-order valence-corrected chi connectivity index (χ4v) is 1.80. The van der Waals surface area contributed by atoms with E-state index in [1.807, 2.05) is 0 Å². The van der Waals surface area contributed by atoms with Gasteiger partial charge >= 0.3 is 12.0 Å². The fraction of sp³-hybridized carbons (Fsp3) is 0.636. The molecule has 1 fully saturated rings. The zero-order valence-electron chi connectivity index (χ0n) is 11.2. The molecule has 0 aromatic rings. The van der Waals surface area contributed by atoms with Gasteiger partial charge in [0.1, 0.15) is 12.6 Å². The number of primary amides is 1. The molecule has 1 saturated heterocycles. The second-order valence-electron chi connectivity index (χ2n) is 4.60. The number of hydrogen-bond donors (Lipinski definition) is 3. The Labute approximate surface area is 115 Å². The van der Waals surface area contributed by atoms with Crippen LogP contribution in [0, 0.1) is 0 Å². The van der Waals surface area contributed by atoms with E-state index in [1.165, 1.54) is 9.80 Å². The Kier molecular flexibility index (Phi) is 5.30. The molecule has 1 heterocycles. The third-order valence-corrected chi connectivity index (χ3v) is 2.96. The molecule has 0 aliphatic carbocycles. The molecule has 112 valence electrons. The predicted molar refractivity (Wildman–Crippen MR) is 67.6 cm³/mol. The maximum Gasteiger partial charge on any atom is 0.326 e. The monoisotopic (exact) mass is 286 g/mol. The van der Waals surface area contributed by atoms with Crippen molar-refractivity contribution < 1.29 is 24.3 Å². The van der Waals surface area contributed by atoms with Crippen molar-refractivity contribution in [1.29, 1.82) is 0 Å². The van der Waals surface area contributed by atoms with Crippen LogP contribution in [0.5, 0.6) is 0 Å². The summed E-state index contributed by atoms with van der Waals surface area (Å²) in [5, 5.41) is 11.1. The van der Waals surface area contributed by atoms with Crippen LogP contribution in [0.1, 0.15) is 12.8 Å². The first kappa shape index (κ1) is 15.7. The minimum atomic E-state index is -1.39. The van der Waals surface area contributed by atoms with Gasteiger partial charge in [-0.3, -0.25) is 9.59 Å². The fourth-order valence-electron chi connectivity index (χ4n) is 1.80. The van der Waals surface area contributed by atoms with Crippen molar-refractivity contribution in [2.75, 3.05) is 26.7 Å². The van der Waals surface area contributed by atoms with Gasteiger partial charge in [-0.1, -0.05) is 0 Å². The molecule has 0 aromatic heterocycles. The zero-order valence-corrected chi connectivity index (χ0v) is 11.2. The van der Waals surface area contributed by atoms with Gasteiger partial charge in [-0.2, -0.15) is 0 Å². The third-order valence-electron chi connectivity index (χ3n) is 2.96. The molecule has 9 heteroatoms. The van der Waals surface area contributed by atoms with Crippen molar-refractivity contribution in [3.8, 4) is 0 Å². The van der Waals surface area contributed by atoms with Crippen molar-refractivity contribution in [2.24, 2.45) is 5.73 Å². The molecule has 4 amide bonds. The van der Waals surface area contributed by atoms with Gasteiger partial charge in [0.25, 0.3) is 0 Å². The van der Waals surface area contributed by atoms with Crippen molar-refractivity contribution in [2.45, 2.75) is 18.9 Å². The topological polar surface area (TPSA) is 133 Å². The highest BCUT2D eigenvalue weighted by Crippen LogP contribution is 2.04. The number of amides is 4. The lowest BCUT2D eigenvalue weighted by Gasteiger charge is -2.22. The quantitative estimate of drug-likeness (QED) is 0.560. The van der Waals surface area contributed by atoms with Crippen LogP contribution in [-0.2, 0) is 14.4 Å². The molecule has 0 spiro atoms. The second kappa shape index (κ2) is 6.73. The van der Waals surface area contributed by atoms with E-state index in [9.17, 15) is 19.2 Å². The highest BCUT2D eigenvalue weighted by atomic mass is 16.4. The Hall–Kier alpha value is -2.32. The summed E-state index contributed by atoms with van der Waals surface area (Å²) >= 11 is 0. The standard InChI is InChI=1S/C11H18N4O5/c1-14-3-2-4-15(6-9(14)17)11(20)13-7(10(18)19)5-8(12)16/h7H,2-6H2,1H3,(H2,12,16)(H,13,20)(H,18,19). The first-order chi connectivity index (χ1) is 9.31. The molecule has 0 bridgehead atoms. The molecule has 1 aliphatic rings. The number of likely N-dealkylation sites (N-methyl/N-ethyl adjacent to an activating group) is 1. The Morgan fingerprint density at radius 3 is 2.60 bits per heavy atom. The molecule has 1 unspecified atom stereocenters. The number of urea groups is 1. The van der Waals surface area contributed by atoms with Gasteiger partial charge in [0.15, 0.2) is 0 Å². The van der Waals surface area contributed by atoms with E-state index in [0.717, 1.165) is 0 Å². The summed E-state index contributed by atoms with van der Waals surface area (Å²) in [5.41, 5.74) is 4.92. The molecule has 0 saturated carbocycles. The van der Waals surface area contributed by atoms with Crippen LogP contribution in [0.25, 0.3) is 0 Å². The Balaban J connectivity index is 2.66. The Morgan fingerprint density at radius 2 is 2.05 bits per heavy atom. The van der Waals surface area contributed by atoms with Crippen LogP contribution >= 0.6 is 0 Å². The SMILES string of the molecule is CN1CCCN(C(=O)NC(CC(N)=O)C(=O)O)CC1=O. The van der Waals surface area contributed by atoms with Crippen molar-refractivity contribution in [3.63, 3.8) is 0 Å². The smallest absolute Gasteiger partial charge is 0.326 e. The van der Waals surface area contributed by atoms with Gasteiger partial charge in [-0.15, -0.1) is 0 Å². The summed E-state index contributed by atoms with van der Waals surface area (Å²) in [7, 11) is 1.64. The Morgan fingerprint density at radius 1 is 1.40 bits per heavy atom. The van der Waals surface area contributed by atoms with E-state index in [-0.39, 0.29) is 12.5 Å². The van der Waals surface area contributed by atoms with Crippen LogP contribution in [0.15, 0.2) is 0 Å². The number of carboxylic acid groups (broad SMARTS) is 1. The largest absolute Gasteiger partial charge is 0.480 e. The minimum Gasteiger partial charge on any atom is -0.480 e. The van der Waals surface area contributed by atoms with Gasteiger partial charge < -0.3 is 26.0 Å². The highest BCUT2D eigenvalue weighted by Gasteiger charge is 2.27. The number of aliphatic carboxylic acids is 1. The third kappa shape index (κ3) is 4.41. The summed E-state index contributed by atoms with van der Waals surface area (Å²) < 4.78 is 0. The van der Waals surface area contributed by atoms with Gasteiger partial charge in [0, 0.05) is 20.1 Å². The number of carbonyl (C=O) groups is 4. The number of hydrogen-bond acceptors (Lipinski definition) is 4. The van der Waals surface area contributed by atoms with Crippen LogP contribution in [0.2, 0.25) is 0 Å². The number of carboxylic acids is 1. The van der Waals surface area contributed by atoms with Crippen LogP contribution < -0.4 is 11.1 Å². The molecule has 1 rings (SSSR count). The lowest BCUT2D eigenvalue weighted by atomic mass is 10.2. The first-order valence-corrected chi connectivity index (χ1v) is 6.11. The van der Waals surface area contributed by atoms with Gasteiger partial charge in [0.2, 0.25) is 11.8 Å². The highest BCUT2D eigenvalue weighted by molar-refractivity contribution is 5.89. The van der Waals surface area contributed by atoms with Gasteiger partial charge in [-0.25, -0.2) is 9.59 Å². The van der Waals surface area contributed by atoms with Crippen molar-refractivity contribution >= 4 is 23.8 Å². The van der Waals surface area contributed by atoms with E-state index < -0.39 is 30.4 Å². The van der Waals surface area contributed by atoms with E-state index in [0.29, 0.717) is 19.5 Å². The predicted octanol–water partition coefficient (Wildman–Crippen LogP) is -1.81. The average molecular weight is 286 g/mol. The summed E-state index contributed by atoms with van der Waals surface area (Å²) in [5.74, 6) is -2.40. The lowest BCUT2D eigenvalue weighted by molar-refractivity contribution is -0.140. The van der Waals surface area contributed by atoms with Gasteiger partial charge in [-0.05, 0) is 6.42 Å². The second-order valence-corrected chi connectivity index (χ2v) is 4.60.